The summed E-state index contributed by atoms with van der Waals surface area (Å²) in [6.45, 7) is 7.97. The highest BCUT2D eigenvalue weighted by molar-refractivity contribution is 7.13. The maximum absolute atomic E-state index is 11.3. The van der Waals surface area contributed by atoms with E-state index in [1.807, 2.05) is 5.38 Å². The molecule has 1 aliphatic carbocycles. The molecule has 5 heteroatoms. The van der Waals surface area contributed by atoms with E-state index in [0.717, 1.165) is 5.13 Å². The molecule has 0 saturated heterocycles. The van der Waals surface area contributed by atoms with Gasteiger partial charge in [-0.1, -0.05) is 26.7 Å². The number of hydrogen-bond donors (Lipinski definition) is 2. The second-order valence-corrected chi connectivity index (χ2v) is 7.77. The molecule has 0 bridgehead atoms. The molecule has 0 spiro atoms. The van der Waals surface area contributed by atoms with Gasteiger partial charge in [0.25, 0.3) is 0 Å². The Balaban J connectivity index is 2.10. The van der Waals surface area contributed by atoms with Crippen molar-refractivity contribution in [2.75, 3.05) is 5.32 Å². The Morgan fingerprint density at radius 3 is 2.71 bits per heavy atom. The Hall–Kier alpha value is -1.10. The predicted molar refractivity (Wildman–Crippen MR) is 87.0 cm³/mol. The molecule has 1 aliphatic rings. The number of carboxylic acid groups (broad SMARTS) is 1. The third-order valence-electron chi connectivity index (χ3n) is 4.66. The molecule has 1 aromatic rings. The molecule has 118 valence electrons. The van der Waals surface area contributed by atoms with E-state index in [2.05, 4.69) is 24.1 Å². The summed E-state index contributed by atoms with van der Waals surface area (Å²) in [6.07, 6.45) is 5.03. The van der Waals surface area contributed by atoms with E-state index >= 15 is 0 Å². The minimum absolute atomic E-state index is 0.464. The first kappa shape index (κ1) is 16.3. The van der Waals surface area contributed by atoms with Crippen LogP contribution in [0.1, 0.15) is 59.1 Å². The van der Waals surface area contributed by atoms with Gasteiger partial charge in [-0.2, -0.15) is 0 Å². The molecule has 21 heavy (non-hydrogen) atoms. The van der Waals surface area contributed by atoms with Crippen molar-refractivity contribution < 1.29 is 9.90 Å². The second-order valence-electron chi connectivity index (χ2n) is 6.91. The summed E-state index contributed by atoms with van der Waals surface area (Å²) in [4.78, 5) is 15.8. The Morgan fingerprint density at radius 1 is 1.43 bits per heavy atom. The molecule has 0 aromatic carbocycles. The number of thiazole rings is 1. The smallest absolute Gasteiger partial charge is 0.315 e. The maximum Gasteiger partial charge on any atom is 0.315 e. The van der Waals surface area contributed by atoms with E-state index in [1.165, 1.54) is 37.0 Å². The molecule has 1 saturated carbocycles. The lowest BCUT2D eigenvalue weighted by molar-refractivity contribution is -0.142. The van der Waals surface area contributed by atoms with Crippen LogP contribution < -0.4 is 5.32 Å². The number of anilines is 1. The average Bonchev–Trinajstić information content (AvgIpc) is 2.88. The molecule has 2 rings (SSSR count). The van der Waals surface area contributed by atoms with E-state index < -0.39 is 11.4 Å². The average molecular weight is 310 g/mol. The van der Waals surface area contributed by atoms with Crippen molar-refractivity contribution in [2.24, 2.45) is 11.8 Å². The Morgan fingerprint density at radius 2 is 2.10 bits per heavy atom. The third kappa shape index (κ3) is 3.57. The predicted octanol–water partition coefficient (Wildman–Crippen LogP) is 4.13. The Kier molecular flexibility index (Phi) is 4.91. The number of carbonyl (C=O) groups is 1. The molecule has 0 radical (unpaired) electrons. The highest BCUT2D eigenvalue weighted by Crippen LogP contribution is 2.34. The van der Waals surface area contributed by atoms with E-state index in [1.54, 1.807) is 13.8 Å². The third-order valence-corrected chi connectivity index (χ3v) is 5.44. The van der Waals surface area contributed by atoms with Crippen molar-refractivity contribution in [3.05, 3.63) is 11.1 Å². The summed E-state index contributed by atoms with van der Waals surface area (Å²) in [6, 6.07) is 0.464. The number of aromatic nitrogens is 1. The van der Waals surface area contributed by atoms with Gasteiger partial charge in [0.05, 0.1) is 5.69 Å². The topological polar surface area (TPSA) is 62.2 Å². The highest BCUT2D eigenvalue weighted by Gasteiger charge is 2.33. The fourth-order valence-corrected chi connectivity index (χ4v) is 3.97. The van der Waals surface area contributed by atoms with Crippen LogP contribution in [-0.4, -0.2) is 22.1 Å². The molecular formula is C16H26N2O2S. The van der Waals surface area contributed by atoms with Gasteiger partial charge in [-0.3, -0.25) is 4.79 Å². The molecule has 2 N–H and O–H groups in total. The van der Waals surface area contributed by atoms with E-state index in [-0.39, 0.29) is 0 Å². The number of aliphatic carboxylic acids is 1. The number of nitrogens with zero attached hydrogens (tertiary/aromatic N) is 1. The Labute approximate surface area is 131 Å². The summed E-state index contributed by atoms with van der Waals surface area (Å²) >= 11 is 1.52. The molecular weight excluding hydrogens is 284 g/mol. The van der Waals surface area contributed by atoms with Gasteiger partial charge in [-0.15, -0.1) is 11.3 Å². The van der Waals surface area contributed by atoms with Gasteiger partial charge in [0.2, 0.25) is 0 Å². The van der Waals surface area contributed by atoms with Crippen LogP contribution in [0.4, 0.5) is 5.13 Å². The number of nitrogens with one attached hydrogen (secondary N) is 1. The van der Waals surface area contributed by atoms with Crippen molar-refractivity contribution in [3.63, 3.8) is 0 Å². The van der Waals surface area contributed by atoms with Gasteiger partial charge in [0, 0.05) is 11.4 Å². The lowest BCUT2D eigenvalue weighted by atomic mass is 9.78. The lowest BCUT2D eigenvalue weighted by Crippen LogP contribution is -2.35. The zero-order chi connectivity index (χ0) is 15.6. The van der Waals surface area contributed by atoms with Crippen molar-refractivity contribution in [3.8, 4) is 0 Å². The minimum Gasteiger partial charge on any atom is -0.481 e. The molecule has 0 amide bonds. The van der Waals surface area contributed by atoms with Crippen LogP contribution in [0, 0.1) is 11.8 Å². The van der Waals surface area contributed by atoms with Crippen molar-refractivity contribution >= 4 is 22.4 Å². The summed E-state index contributed by atoms with van der Waals surface area (Å²) in [5, 5.41) is 15.6. The van der Waals surface area contributed by atoms with E-state index in [0.29, 0.717) is 23.6 Å². The van der Waals surface area contributed by atoms with Crippen LogP contribution in [-0.2, 0) is 10.2 Å². The van der Waals surface area contributed by atoms with Gasteiger partial charge < -0.3 is 10.4 Å². The van der Waals surface area contributed by atoms with Gasteiger partial charge in [0.15, 0.2) is 5.13 Å². The fourth-order valence-electron chi connectivity index (χ4n) is 3.03. The first-order valence-electron chi connectivity index (χ1n) is 7.78. The second kappa shape index (κ2) is 6.34. The van der Waals surface area contributed by atoms with Crippen LogP contribution in [0.2, 0.25) is 0 Å². The van der Waals surface area contributed by atoms with Crippen LogP contribution >= 0.6 is 11.3 Å². The number of rotatable bonds is 5. The summed E-state index contributed by atoms with van der Waals surface area (Å²) in [5.74, 6) is 0.508. The zero-order valence-electron chi connectivity index (χ0n) is 13.3. The van der Waals surface area contributed by atoms with Gasteiger partial charge in [-0.25, -0.2) is 4.98 Å². The van der Waals surface area contributed by atoms with Gasteiger partial charge in [0.1, 0.15) is 5.41 Å². The molecule has 4 nitrogen and oxygen atoms in total. The van der Waals surface area contributed by atoms with Crippen LogP contribution in [0.5, 0.6) is 0 Å². The molecule has 0 aliphatic heterocycles. The highest BCUT2D eigenvalue weighted by atomic mass is 32.1. The monoisotopic (exact) mass is 310 g/mol. The van der Waals surface area contributed by atoms with Crippen molar-refractivity contribution in [1.29, 1.82) is 0 Å². The molecule has 1 fully saturated rings. The first-order chi connectivity index (χ1) is 9.82. The largest absolute Gasteiger partial charge is 0.481 e. The number of carboxylic acids is 1. The molecule has 1 heterocycles. The quantitative estimate of drug-likeness (QED) is 0.858. The van der Waals surface area contributed by atoms with Crippen LogP contribution in [0.25, 0.3) is 0 Å². The molecule has 1 aromatic heterocycles. The zero-order valence-corrected chi connectivity index (χ0v) is 14.2. The Bertz CT molecular complexity index is 496. The molecule has 2 unspecified atom stereocenters. The van der Waals surface area contributed by atoms with E-state index in [9.17, 15) is 9.90 Å². The standard InChI is InChI=1S/C16H26N2O2S/c1-10(2)11-7-5-6-8-12(11)17-15-18-13(9-21-15)16(3,4)14(19)20/h9-12H,5-8H2,1-4H3,(H,17,18)(H,19,20). The fraction of sp³-hybridized carbons (Fsp3) is 0.750. The summed E-state index contributed by atoms with van der Waals surface area (Å²) in [5.41, 5.74) is -0.292. The van der Waals surface area contributed by atoms with Crippen molar-refractivity contribution in [2.45, 2.75) is 64.8 Å². The van der Waals surface area contributed by atoms with Crippen LogP contribution in [0.3, 0.4) is 0 Å². The SMILES string of the molecule is CC(C)C1CCCCC1Nc1nc(C(C)(C)C(=O)O)cs1. The van der Waals surface area contributed by atoms with Crippen molar-refractivity contribution in [1.82, 2.24) is 4.98 Å². The summed E-state index contributed by atoms with van der Waals surface area (Å²) < 4.78 is 0. The lowest BCUT2D eigenvalue weighted by Gasteiger charge is -2.34. The number of hydrogen-bond acceptors (Lipinski definition) is 4. The van der Waals surface area contributed by atoms with Gasteiger partial charge in [-0.05, 0) is 38.5 Å². The summed E-state index contributed by atoms with van der Waals surface area (Å²) in [7, 11) is 0. The van der Waals surface area contributed by atoms with E-state index in [4.69, 9.17) is 0 Å². The first-order valence-corrected chi connectivity index (χ1v) is 8.66. The maximum atomic E-state index is 11.3. The van der Waals surface area contributed by atoms with Gasteiger partial charge >= 0.3 is 5.97 Å². The minimum atomic E-state index is -0.930. The molecule has 2 atom stereocenters. The van der Waals surface area contributed by atoms with Crippen LogP contribution in [0.15, 0.2) is 5.38 Å². The normalized spacial score (nSPS) is 23.3.